The van der Waals surface area contributed by atoms with E-state index < -0.39 is 4.92 Å². The largest absolute Gasteiger partial charge is 0.395 e. The van der Waals surface area contributed by atoms with Crippen molar-refractivity contribution in [1.82, 2.24) is 9.78 Å². The fourth-order valence-electron chi connectivity index (χ4n) is 1.32. The number of aromatic nitrogens is 2. The summed E-state index contributed by atoms with van der Waals surface area (Å²) in [6.07, 6.45) is 0. The molecule has 0 aliphatic carbocycles. The first kappa shape index (κ1) is 13.0. The summed E-state index contributed by atoms with van der Waals surface area (Å²) < 4.78 is 1.60. The lowest BCUT2D eigenvalue weighted by molar-refractivity contribution is -0.388. The van der Waals surface area contributed by atoms with Crippen LogP contribution in [0.4, 0.5) is 5.69 Å². The molecule has 16 heavy (non-hydrogen) atoms. The average Bonchev–Trinajstić information content (AvgIpc) is 2.54. The predicted molar refractivity (Wildman–Crippen MR) is 61.7 cm³/mol. The minimum absolute atomic E-state index is 0.0181. The van der Waals surface area contributed by atoms with Gasteiger partial charge in [0.2, 0.25) is 0 Å². The third-order valence-corrected chi connectivity index (χ3v) is 3.28. The highest BCUT2D eigenvalue weighted by molar-refractivity contribution is 8.00. The van der Waals surface area contributed by atoms with Crippen molar-refractivity contribution in [3.05, 3.63) is 15.8 Å². The molecule has 0 spiro atoms. The highest BCUT2D eigenvalue weighted by Gasteiger charge is 2.26. The molecule has 0 aliphatic heterocycles. The molecule has 1 unspecified atom stereocenters. The van der Waals surface area contributed by atoms with E-state index in [1.165, 1.54) is 11.8 Å². The first-order valence-electron chi connectivity index (χ1n) is 5.00. The minimum atomic E-state index is -0.416. The Morgan fingerprint density at radius 2 is 2.31 bits per heavy atom. The molecule has 6 nitrogen and oxygen atoms in total. The molecule has 1 aromatic rings. The number of aryl methyl sites for hydroxylation is 2. The molecular weight excluding hydrogens is 230 g/mol. The number of aliphatic hydroxyl groups excluding tert-OH is 1. The van der Waals surface area contributed by atoms with Crippen molar-refractivity contribution in [3.8, 4) is 0 Å². The molecule has 1 atom stereocenters. The van der Waals surface area contributed by atoms with Gasteiger partial charge in [-0.2, -0.15) is 5.10 Å². The van der Waals surface area contributed by atoms with Gasteiger partial charge in [0.15, 0.2) is 5.03 Å². The summed E-state index contributed by atoms with van der Waals surface area (Å²) >= 11 is 1.28. The fraction of sp³-hybridized carbons (Fsp3) is 0.667. The van der Waals surface area contributed by atoms with Crippen LogP contribution in [0.3, 0.4) is 0 Å². The van der Waals surface area contributed by atoms with E-state index >= 15 is 0 Å². The summed E-state index contributed by atoms with van der Waals surface area (Å²) in [6.45, 7) is 5.88. The van der Waals surface area contributed by atoms with Crippen molar-refractivity contribution in [2.75, 3.05) is 6.61 Å². The van der Waals surface area contributed by atoms with Crippen LogP contribution in [0.15, 0.2) is 5.03 Å². The molecule has 1 heterocycles. The van der Waals surface area contributed by atoms with E-state index in [2.05, 4.69) is 5.10 Å². The molecule has 0 radical (unpaired) electrons. The van der Waals surface area contributed by atoms with E-state index in [0.29, 0.717) is 17.3 Å². The van der Waals surface area contributed by atoms with Gasteiger partial charge in [-0.05, 0) is 13.8 Å². The molecule has 0 aliphatic rings. The van der Waals surface area contributed by atoms with Gasteiger partial charge in [0.05, 0.1) is 11.5 Å². The summed E-state index contributed by atoms with van der Waals surface area (Å²) in [4.78, 5) is 10.5. The van der Waals surface area contributed by atoms with E-state index in [0.717, 1.165) is 0 Å². The van der Waals surface area contributed by atoms with Gasteiger partial charge in [0.25, 0.3) is 0 Å². The van der Waals surface area contributed by atoms with E-state index in [-0.39, 0.29) is 17.5 Å². The highest BCUT2D eigenvalue weighted by atomic mass is 32.2. The number of aliphatic hydroxyl groups is 1. The van der Waals surface area contributed by atoms with Crippen LogP contribution < -0.4 is 0 Å². The Morgan fingerprint density at radius 3 is 2.75 bits per heavy atom. The maximum Gasteiger partial charge on any atom is 0.323 e. The zero-order valence-electron chi connectivity index (χ0n) is 9.51. The van der Waals surface area contributed by atoms with Crippen LogP contribution in [0.1, 0.15) is 19.5 Å². The Balaban J connectivity index is 3.16. The Bertz CT molecular complexity index is 392. The van der Waals surface area contributed by atoms with Crippen LogP contribution in [0, 0.1) is 17.0 Å². The molecule has 0 saturated carbocycles. The molecule has 90 valence electrons. The Hall–Kier alpha value is -1.08. The monoisotopic (exact) mass is 245 g/mol. The highest BCUT2D eigenvalue weighted by Crippen LogP contribution is 2.34. The molecule has 0 aromatic carbocycles. The maximum absolute atomic E-state index is 10.9. The lowest BCUT2D eigenvalue weighted by Gasteiger charge is -2.07. The molecular formula is C9H15N3O3S. The van der Waals surface area contributed by atoms with Gasteiger partial charge in [-0.15, -0.1) is 0 Å². The van der Waals surface area contributed by atoms with Gasteiger partial charge >= 0.3 is 5.69 Å². The minimum Gasteiger partial charge on any atom is -0.395 e. The third kappa shape index (κ3) is 2.53. The number of rotatable bonds is 5. The van der Waals surface area contributed by atoms with Crippen molar-refractivity contribution >= 4 is 17.4 Å². The molecule has 1 aromatic heterocycles. The lowest BCUT2D eigenvalue weighted by atomic mass is 10.4. The second kappa shape index (κ2) is 5.31. The summed E-state index contributed by atoms with van der Waals surface area (Å²) in [5.41, 5.74) is 0.464. The molecule has 7 heteroatoms. The first-order chi connectivity index (χ1) is 7.51. The molecule has 1 rings (SSSR count). The van der Waals surface area contributed by atoms with Crippen LogP contribution in [0.25, 0.3) is 0 Å². The molecule has 0 amide bonds. The molecule has 0 bridgehead atoms. The van der Waals surface area contributed by atoms with Crippen molar-refractivity contribution in [2.24, 2.45) is 0 Å². The van der Waals surface area contributed by atoms with E-state index in [1.807, 2.05) is 13.8 Å². The predicted octanol–water partition coefficient (Wildman–Crippen LogP) is 1.59. The van der Waals surface area contributed by atoms with Crippen LogP contribution in [0.5, 0.6) is 0 Å². The van der Waals surface area contributed by atoms with E-state index in [1.54, 1.807) is 11.6 Å². The van der Waals surface area contributed by atoms with Crippen LogP contribution in [0.2, 0.25) is 0 Å². The fourth-order valence-corrected chi connectivity index (χ4v) is 2.40. The Labute approximate surface area is 97.8 Å². The van der Waals surface area contributed by atoms with Crippen LogP contribution in [-0.2, 0) is 6.54 Å². The number of hydrogen-bond acceptors (Lipinski definition) is 5. The van der Waals surface area contributed by atoms with Crippen molar-refractivity contribution in [1.29, 1.82) is 0 Å². The van der Waals surface area contributed by atoms with Crippen molar-refractivity contribution in [2.45, 2.75) is 37.6 Å². The molecule has 0 fully saturated rings. The normalized spacial score (nSPS) is 12.8. The Kier molecular flexibility index (Phi) is 4.31. The lowest BCUT2D eigenvalue weighted by Crippen LogP contribution is -2.06. The van der Waals surface area contributed by atoms with Gasteiger partial charge in [0.1, 0.15) is 5.69 Å². The SMILES string of the molecule is CCn1nc(C)c([N+](=O)[O-])c1SC(C)CO. The third-order valence-electron chi connectivity index (χ3n) is 2.10. The second-order valence-corrected chi connectivity index (χ2v) is 4.85. The summed E-state index contributed by atoms with van der Waals surface area (Å²) in [5.74, 6) is 0. The van der Waals surface area contributed by atoms with Gasteiger partial charge in [-0.3, -0.25) is 14.8 Å². The summed E-state index contributed by atoms with van der Waals surface area (Å²) in [7, 11) is 0. The quantitative estimate of drug-likeness (QED) is 0.484. The number of hydrogen-bond donors (Lipinski definition) is 1. The van der Waals surface area contributed by atoms with Gasteiger partial charge in [0, 0.05) is 11.8 Å². The standard InChI is InChI=1S/C9H15N3O3S/c1-4-11-9(16-6(2)5-13)8(12(14)15)7(3)10-11/h6,13H,4-5H2,1-3H3. The van der Waals surface area contributed by atoms with Crippen LogP contribution >= 0.6 is 11.8 Å². The smallest absolute Gasteiger partial charge is 0.323 e. The average molecular weight is 245 g/mol. The van der Waals surface area contributed by atoms with Gasteiger partial charge < -0.3 is 5.11 Å². The summed E-state index contributed by atoms with van der Waals surface area (Å²) in [6, 6.07) is 0. The van der Waals surface area contributed by atoms with E-state index in [9.17, 15) is 10.1 Å². The number of thioether (sulfide) groups is 1. The zero-order valence-corrected chi connectivity index (χ0v) is 10.3. The van der Waals surface area contributed by atoms with Crippen LogP contribution in [-0.4, -0.2) is 31.7 Å². The maximum atomic E-state index is 10.9. The topological polar surface area (TPSA) is 81.2 Å². The molecule has 0 saturated heterocycles. The first-order valence-corrected chi connectivity index (χ1v) is 5.88. The number of nitro groups is 1. The van der Waals surface area contributed by atoms with Crippen molar-refractivity contribution < 1.29 is 10.0 Å². The van der Waals surface area contributed by atoms with E-state index in [4.69, 9.17) is 5.11 Å². The number of nitrogens with zero attached hydrogens (tertiary/aromatic N) is 3. The van der Waals surface area contributed by atoms with Crippen molar-refractivity contribution in [3.63, 3.8) is 0 Å². The second-order valence-electron chi connectivity index (χ2n) is 3.42. The summed E-state index contributed by atoms with van der Waals surface area (Å²) in [5, 5.41) is 24.4. The zero-order chi connectivity index (χ0) is 12.3. The van der Waals surface area contributed by atoms with Gasteiger partial charge in [-0.25, -0.2) is 0 Å². The Morgan fingerprint density at radius 1 is 1.69 bits per heavy atom. The molecule has 1 N–H and O–H groups in total. The van der Waals surface area contributed by atoms with Gasteiger partial charge in [-0.1, -0.05) is 18.7 Å².